The number of sulfonamides is 1. The summed E-state index contributed by atoms with van der Waals surface area (Å²) in [6.45, 7) is 6.54. The minimum atomic E-state index is -3.72. The Morgan fingerprint density at radius 2 is 1.80 bits per heavy atom. The molecule has 1 aliphatic rings. The number of rotatable bonds is 6. The topological polar surface area (TPSA) is 132 Å². The number of hydrogen-bond acceptors (Lipinski definition) is 7. The summed E-state index contributed by atoms with van der Waals surface area (Å²) in [5.41, 5.74) is 4.26. The summed E-state index contributed by atoms with van der Waals surface area (Å²) >= 11 is 0. The van der Waals surface area contributed by atoms with Crippen LogP contribution in [0.5, 0.6) is 0 Å². The molecule has 1 amide bonds. The lowest BCUT2D eigenvalue weighted by Gasteiger charge is -2.10. The zero-order chi connectivity index (χ0) is 25.3. The highest BCUT2D eigenvalue weighted by atomic mass is 32.2. The Hall–Kier alpha value is -3.99. The molecule has 11 heteroatoms. The van der Waals surface area contributed by atoms with Crippen molar-refractivity contribution in [3.8, 4) is 5.69 Å². The van der Waals surface area contributed by atoms with Gasteiger partial charge in [0.15, 0.2) is 6.61 Å². The van der Waals surface area contributed by atoms with E-state index in [-0.39, 0.29) is 10.7 Å². The molecule has 35 heavy (non-hydrogen) atoms. The van der Waals surface area contributed by atoms with Crippen LogP contribution < -0.4 is 10.0 Å². The molecule has 0 unspecified atom stereocenters. The lowest BCUT2D eigenvalue weighted by Crippen LogP contribution is -2.29. The van der Waals surface area contributed by atoms with Crippen molar-refractivity contribution in [1.29, 1.82) is 0 Å². The molecule has 1 aromatic heterocycles. The first-order valence-electron chi connectivity index (χ1n) is 10.9. The average molecular weight is 496 g/mol. The maximum absolute atomic E-state index is 12.5. The molecule has 0 spiro atoms. The number of hydrogen-bond donors (Lipinski definition) is 2. The second-order valence-corrected chi connectivity index (χ2v) is 9.86. The highest BCUT2D eigenvalue weighted by Gasteiger charge is 2.31. The molecular formula is C24H25N5O5S. The Bertz CT molecular complexity index is 1440. The van der Waals surface area contributed by atoms with Crippen molar-refractivity contribution in [3.63, 3.8) is 0 Å². The van der Waals surface area contributed by atoms with E-state index in [1.54, 1.807) is 29.8 Å². The number of benzene rings is 2. The van der Waals surface area contributed by atoms with Crippen molar-refractivity contribution in [1.82, 2.24) is 14.5 Å². The molecule has 0 bridgehead atoms. The van der Waals surface area contributed by atoms with Crippen molar-refractivity contribution in [3.05, 3.63) is 71.0 Å². The molecule has 3 aromatic rings. The minimum Gasteiger partial charge on any atom is -0.454 e. The lowest BCUT2D eigenvalue weighted by atomic mass is 10.2. The maximum atomic E-state index is 12.5. The zero-order valence-electron chi connectivity index (χ0n) is 19.7. The molecule has 0 fully saturated rings. The number of esters is 1. The fourth-order valence-electron chi connectivity index (χ4n) is 3.67. The van der Waals surface area contributed by atoms with Gasteiger partial charge in [-0.1, -0.05) is 29.8 Å². The van der Waals surface area contributed by atoms with Crippen LogP contribution in [0.1, 0.15) is 29.4 Å². The van der Waals surface area contributed by atoms with E-state index in [1.165, 1.54) is 13.0 Å². The first-order chi connectivity index (χ1) is 16.6. The van der Waals surface area contributed by atoms with E-state index < -0.39 is 34.5 Å². The summed E-state index contributed by atoms with van der Waals surface area (Å²) in [5, 5.41) is 7.24. The molecule has 0 saturated carbocycles. The SMILES string of the molecule is Cc1ccc(-n2nc(C)c(NC(=O)COC(=O)[C@H](C)N=C3NS(=O)(=O)c4ccccc43)c2C)cc1. The van der Waals surface area contributed by atoms with Gasteiger partial charge in [-0.05, 0) is 52.0 Å². The molecule has 2 aromatic carbocycles. The molecule has 0 aliphatic carbocycles. The van der Waals surface area contributed by atoms with Gasteiger partial charge in [0.05, 0.1) is 27.7 Å². The van der Waals surface area contributed by atoms with Crippen LogP contribution >= 0.6 is 0 Å². The molecule has 2 heterocycles. The number of ether oxygens (including phenoxy) is 1. The standard InChI is InChI=1S/C24H25N5O5S/c1-14-9-11-18(12-10-14)29-17(4)22(15(2)27-29)26-21(30)13-34-24(31)16(3)25-23-19-7-5-6-8-20(19)35(32,33)28-23/h5-12,16H,13H2,1-4H3,(H,25,28)(H,26,30)/t16-/m0/s1. The van der Waals surface area contributed by atoms with Crippen molar-refractivity contribution < 1.29 is 22.7 Å². The minimum absolute atomic E-state index is 0.0595. The summed E-state index contributed by atoms with van der Waals surface area (Å²) in [6.07, 6.45) is 0. The number of anilines is 1. The molecule has 1 aliphatic heterocycles. The smallest absolute Gasteiger partial charge is 0.331 e. The highest BCUT2D eigenvalue weighted by Crippen LogP contribution is 2.24. The van der Waals surface area contributed by atoms with Gasteiger partial charge >= 0.3 is 5.97 Å². The number of amidine groups is 1. The first-order valence-corrected chi connectivity index (χ1v) is 12.3. The van der Waals surface area contributed by atoms with E-state index in [0.717, 1.165) is 16.9 Å². The second-order valence-electron chi connectivity index (χ2n) is 8.20. The van der Waals surface area contributed by atoms with E-state index in [0.29, 0.717) is 16.9 Å². The van der Waals surface area contributed by atoms with Gasteiger partial charge in [0.1, 0.15) is 11.9 Å². The number of aliphatic imine (C=N–C) groups is 1. The van der Waals surface area contributed by atoms with Gasteiger partial charge in [-0.15, -0.1) is 0 Å². The van der Waals surface area contributed by atoms with E-state index in [1.807, 2.05) is 38.1 Å². The van der Waals surface area contributed by atoms with Gasteiger partial charge < -0.3 is 10.1 Å². The van der Waals surface area contributed by atoms with Crippen LogP contribution in [-0.2, 0) is 24.3 Å². The number of nitrogens with zero attached hydrogens (tertiary/aromatic N) is 3. The monoisotopic (exact) mass is 495 g/mol. The summed E-state index contributed by atoms with van der Waals surface area (Å²) < 4.78 is 33.6. The number of carbonyl (C=O) groups excluding carboxylic acids is 2. The number of aromatic nitrogens is 2. The zero-order valence-corrected chi connectivity index (χ0v) is 20.5. The summed E-state index contributed by atoms with van der Waals surface area (Å²) in [6, 6.07) is 13.1. The highest BCUT2D eigenvalue weighted by molar-refractivity contribution is 7.90. The summed E-state index contributed by atoms with van der Waals surface area (Å²) in [5.74, 6) is -1.23. The van der Waals surface area contributed by atoms with E-state index in [9.17, 15) is 18.0 Å². The Labute approximate surface area is 203 Å². The molecule has 1 atom stereocenters. The molecule has 2 N–H and O–H groups in total. The van der Waals surface area contributed by atoms with Crippen LogP contribution in [0.2, 0.25) is 0 Å². The Kier molecular flexibility index (Phi) is 6.44. The molecule has 182 valence electrons. The summed E-state index contributed by atoms with van der Waals surface area (Å²) in [4.78, 5) is 29.1. The van der Waals surface area contributed by atoms with Crippen LogP contribution in [0.25, 0.3) is 5.69 Å². The third-order valence-electron chi connectivity index (χ3n) is 5.51. The van der Waals surface area contributed by atoms with Gasteiger partial charge in [0.2, 0.25) is 0 Å². The van der Waals surface area contributed by atoms with E-state index in [4.69, 9.17) is 4.74 Å². The number of aryl methyl sites for hydroxylation is 2. The average Bonchev–Trinajstić information content (AvgIpc) is 3.25. The van der Waals surface area contributed by atoms with Crippen LogP contribution in [0.15, 0.2) is 58.4 Å². The first kappa shape index (κ1) is 24.1. The molecule has 0 radical (unpaired) electrons. The molecule has 4 rings (SSSR count). The number of carbonyl (C=O) groups is 2. The van der Waals surface area contributed by atoms with Gasteiger partial charge in [-0.2, -0.15) is 5.10 Å². The second kappa shape index (κ2) is 9.34. The van der Waals surface area contributed by atoms with Gasteiger partial charge in [0.25, 0.3) is 15.9 Å². The van der Waals surface area contributed by atoms with E-state index >= 15 is 0 Å². The molecular weight excluding hydrogens is 470 g/mol. The molecule has 0 saturated heterocycles. The fourth-order valence-corrected chi connectivity index (χ4v) is 4.91. The number of nitrogens with one attached hydrogen (secondary N) is 2. The summed E-state index contributed by atoms with van der Waals surface area (Å²) in [7, 11) is -3.72. The normalized spacial score (nSPS) is 15.8. The number of amides is 1. The van der Waals surface area contributed by atoms with Crippen molar-refractivity contribution in [2.45, 2.75) is 38.6 Å². The third-order valence-corrected chi connectivity index (χ3v) is 6.90. The Balaban J connectivity index is 1.39. The van der Waals surface area contributed by atoms with Crippen LogP contribution in [0.3, 0.4) is 0 Å². The Morgan fingerprint density at radius 3 is 2.51 bits per heavy atom. The van der Waals surface area contributed by atoms with Gasteiger partial charge in [-0.25, -0.2) is 17.9 Å². The predicted molar refractivity (Wildman–Crippen MR) is 130 cm³/mol. The van der Waals surface area contributed by atoms with Crippen molar-refractivity contribution in [2.75, 3.05) is 11.9 Å². The third kappa shape index (κ3) is 4.94. The largest absolute Gasteiger partial charge is 0.454 e. The van der Waals surface area contributed by atoms with Gasteiger partial charge in [0, 0.05) is 5.56 Å². The maximum Gasteiger partial charge on any atom is 0.331 e. The van der Waals surface area contributed by atoms with Gasteiger partial charge in [-0.3, -0.25) is 14.5 Å². The number of fused-ring (bicyclic) bond motifs is 1. The quantitative estimate of drug-likeness (QED) is 0.505. The van der Waals surface area contributed by atoms with Crippen LogP contribution in [0.4, 0.5) is 5.69 Å². The lowest BCUT2D eigenvalue weighted by molar-refractivity contribution is -0.148. The van der Waals surface area contributed by atoms with Crippen LogP contribution in [0, 0.1) is 20.8 Å². The molecule has 10 nitrogen and oxygen atoms in total. The van der Waals surface area contributed by atoms with E-state index in [2.05, 4.69) is 20.1 Å². The fraction of sp³-hybridized carbons (Fsp3) is 0.250. The predicted octanol–water partition coefficient (Wildman–Crippen LogP) is 2.41. The van der Waals surface area contributed by atoms with Crippen molar-refractivity contribution in [2.24, 2.45) is 4.99 Å². The van der Waals surface area contributed by atoms with Crippen molar-refractivity contribution >= 4 is 33.4 Å². The van der Waals surface area contributed by atoms with Crippen LogP contribution in [-0.4, -0.2) is 48.6 Å². The Morgan fingerprint density at radius 1 is 1.11 bits per heavy atom.